The first-order valence-electron chi connectivity index (χ1n) is 8.91. The van der Waals surface area contributed by atoms with Crippen LogP contribution in [-0.2, 0) is 6.54 Å². The molecule has 0 aliphatic carbocycles. The van der Waals surface area contributed by atoms with E-state index in [2.05, 4.69) is 27.7 Å². The van der Waals surface area contributed by atoms with Gasteiger partial charge in [0.2, 0.25) is 0 Å². The van der Waals surface area contributed by atoms with Crippen LogP contribution in [0.5, 0.6) is 5.75 Å². The minimum atomic E-state index is -0.172. The number of rotatable bonds is 8. The Hall–Kier alpha value is -2.53. The van der Waals surface area contributed by atoms with Crippen LogP contribution in [0.1, 0.15) is 29.7 Å². The van der Waals surface area contributed by atoms with Crippen LogP contribution < -0.4 is 15.4 Å². The van der Waals surface area contributed by atoms with Crippen LogP contribution in [0, 0.1) is 6.92 Å². The maximum Gasteiger partial charge on any atom is 0.315 e. The van der Waals surface area contributed by atoms with E-state index in [1.807, 2.05) is 57.3 Å². The number of urea groups is 1. The zero-order valence-electron chi connectivity index (χ0n) is 16.1. The molecule has 0 aromatic heterocycles. The number of nitrogens with one attached hydrogen (secondary N) is 2. The zero-order valence-corrected chi connectivity index (χ0v) is 16.1. The van der Waals surface area contributed by atoms with Crippen molar-refractivity contribution in [3.63, 3.8) is 0 Å². The molecule has 0 spiro atoms. The van der Waals surface area contributed by atoms with E-state index in [-0.39, 0.29) is 12.1 Å². The maximum atomic E-state index is 12.2. The molecule has 5 nitrogen and oxygen atoms in total. The van der Waals surface area contributed by atoms with Gasteiger partial charge >= 0.3 is 6.03 Å². The van der Waals surface area contributed by atoms with Gasteiger partial charge in [-0.15, -0.1) is 0 Å². The molecule has 2 N–H and O–H groups in total. The topological polar surface area (TPSA) is 53.6 Å². The fourth-order valence-corrected chi connectivity index (χ4v) is 2.85. The molecule has 1 unspecified atom stereocenters. The molecule has 2 aromatic carbocycles. The quantitative estimate of drug-likeness (QED) is 0.762. The third kappa shape index (κ3) is 6.08. The molecule has 1 atom stereocenters. The zero-order chi connectivity index (χ0) is 18.9. The van der Waals surface area contributed by atoms with Crippen molar-refractivity contribution in [3.05, 3.63) is 65.2 Å². The molecule has 2 rings (SSSR count). The molecule has 0 heterocycles. The van der Waals surface area contributed by atoms with Gasteiger partial charge in [0, 0.05) is 25.2 Å². The molecule has 2 aromatic rings. The van der Waals surface area contributed by atoms with E-state index in [4.69, 9.17) is 4.74 Å². The second-order valence-corrected chi connectivity index (χ2v) is 6.59. The highest BCUT2D eigenvalue weighted by atomic mass is 16.5. The van der Waals surface area contributed by atoms with Gasteiger partial charge in [0.1, 0.15) is 5.75 Å². The summed E-state index contributed by atoms with van der Waals surface area (Å²) in [6.45, 7) is 6.22. The Morgan fingerprint density at radius 3 is 2.62 bits per heavy atom. The molecule has 0 saturated carbocycles. The Balaban J connectivity index is 1.77. The number of amides is 2. The van der Waals surface area contributed by atoms with Crippen LogP contribution in [0.4, 0.5) is 4.79 Å². The minimum absolute atomic E-state index is 0.133. The summed E-state index contributed by atoms with van der Waals surface area (Å²) in [7, 11) is 3.69. The fraction of sp³-hybridized carbons (Fsp3) is 0.381. The smallest absolute Gasteiger partial charge is 0.315 e. The average Bonchev–Trinajstić information content (AvgIpc) is 2.62. The lowest BCUT2D eigenvalue weighted by atomic mass is 10.0. The van der Waals surface area contributed by atoms with Gasteiger partial charge in [-0.25, -0.2) is 4.79 Å². The SMILES string of the molecule is COc1ccc(C)cc1C(C)NC(=O)NCCN(C)Cc1ccccc1. The second-order valence-electron chi connectivity index (χ2n) is 6.59. The van der Waals surface area contributed by atoms with Gasteiger partial charge in [0.25, 0.3) is 0 Å². The van der Waals surface area contributed by atoms with E-state index in [9.17, 15) is 4.79 Å². The van der Waals surface area contributed by atoms with Gasteiger partial charge in [0.15, 0.2) is 0 Å². The molecule has 0 aliphatic rings. The van der Waals surface area contributed by atoms with Crippen molar-refractivity contribution in [3.8, 4) is 5.75 Å². The second kappa shape index (κ2) is 9.82. The molecule has 0 radical (unpaired) electrons. The largest absolute Gasteiger partial charge is 0.496 e. The minimum Gasteiger partial charge on any atom is -0.496 e. The first-order valence-corrected chi connectivity index (χ1v) is 8.91. The number of likely N-dealkylation sites (N-methyl/N-ethyl adjacent to an activating group) is 1. The monoisotopic (exact) mass is 355 g/mol. The summed E-state index contributed by atoms with van der Waals surface area (Å²) in [5.74, 6) is 0.783. The number of aryl methyl sites for hydroxylation is 1. The van der Waals surface area contributed by atoms with Crippen molar-refractivity contribution in [2.45, 2.75) is 26.4 Å². The maximum absolute atomic E-state index is 12.2. The lowest BCUT2D eigenvalue weighted by molar-refractivity contribution is 0.235. The van der Waals surface area contributed by atoms with Crippen molar-refractivity contribution in [1.29, 1.82) is 0 Å². The summed E-state index contributed by atoms with van der Waals surface area (Å²) in [6.07, 6.45) is 0. The summed E-state index contributed by atoms with van der Waals surface area (Å²) >= 11 is 0. The van der Waals surface area contributed by atoms with Gasteiger partial charge < -0.3 is 20.3 Å². The molecule has 0 bridgehead atoms. The fourth-order valence-electron chi connectivity index (χ4n) is 2.85. The predicted octanol–water partition coefficient (Wildman–Crippen LogP) is 3.50. The third-order valence-corrected chi connectivity index (χ3v) is 4.27. The highest BCUT2D eigenvalue weighted by Gasteiger charge is 2.14. The van der Waals surface area contributed by atoms with Crippen LogP contribution >= 0.6 is 0 Å². The Morgan fingerprint density at radius 1 is 1.19 bits per heavy atom. The summed E-state index contributed by atoms with van der Waals surface area (Å²) in [4.78, 5) is 14.4. The van der Waals surface area contributed by atoms with E-state index in [0.29, 0.717) is 6.54 Å². The highest BCUT2D eigenvalue weighted by Crippen LogP contribution is 2.25. The van der Waals surface area contributed by atoms with Crippen LogP contribution in [0.3, 0.4) is 0 Å². The lowest BCUT2D eigenvalue weighted by Gasteiger charge is -2.20. The number of ether oxygens (including phenoxy) is 1. The van der Waals surface area contributed by atoms with E-state index < -0.39 is 0 Å². The summed E-state index contributed by atoms with van der Waals surface area (Å²) < 4.78 is 5.39. The number of nitrogens with zero attached hydrogens (tertiary/aromatic N) is 1. The Morgan fingerprint density at radius 2 is 1.92 bits per heavy atom. The molecular weight excluding hydrogens is 326 g/mol. The van der Waals surface area contributed by atoms with Crippen LogP contribution in [-0.4, -0.2) is 38.2 Å². The molecule has 140 valence electrons. The number of hydrogen-bond acceptors (Lipinski definition) is 3. The summed E-state index contributed by atoms with van der Waals surface area (Å²) in [6, 6.07) is 16.0. The van der Waals surface area contributed by atoms with Crippen molar-refractivity contribution in [2.75, 3.05) is 27.2 Å². The van der Waals surface area contributed by atoms with Gasteiger partial charge in [0.05, 0.1) is 13.2 Å². The predicted molar refractivity (Wildman–Crippen MR) is 105 cm³/mol. The standard InChI is InChI=1S/C21H29N3O2/c1-16-10-11-20(26-4)19(14-16)17(2)23-21(25)22-12-13-24(3)15-18-8-6-5-7-9-18/h5-11,14,17H,12-13,15H2,1-4H3,(H2,22,23,25). The van der Waals surface area contributed by atoms with Crippen LogP contribution in [0.25, 0.3) is 0 Å². The Bertz CT molecular complexity index is 704. The van der Waals surface area contributed by atoms with E-state index in [1.54, 1.807) is 7.11 Å². The van der Waals surface area contributed by atoms with Crippen molar-refractivity contribution in [2.24, 2.45) is 0 Å². The number of hydrogen-bond donors (Lipinski definition) is 2. The van der Waals surface area contributed by atoms with Gasteiger partial charge in [-0.1, -0.05) is 48.0 Å². The third-order valence-electron chi connectivity index (χ3n) is 4.27. The van der Waals surface area contributed by atoms with E-state index >= 15 is 0 Å². The molecule has 0 aliphatic heterocycles. The van der Waals surface area contributed by atoms with Crippen molar-refractivity contribution >= 4 is 6.03 Å². The first kappa shape index (κ1) is 19.8. The van der Waals surface area contributed by atoms with Crippen molar-refractivity contribution < 1.29 is 9.53 Å². The number of methoxy groups -OCH3 is 1. The van der Waals surface area contributed by atoms with Gasteiger partial charge in [-0.3, -0.25) is 0 Å². The Labute approximate surface area is 156 Å². The van der Waals surface area contributed by atoms with Gasteiger partial charge in [-0.2, -0.15) is 0 Å². The molecule has 26 heavy (non-hydrogen) atoms. The molecule has 0 fully saturated rings. The lowest BCUT2D eigenvalue weighted by Crippen LogP contribution is -2.40. The van der Waals surface area contributed by atoms with Crippen molar-refractivity contribution in [1.82, 2.24) is 15.5 Å². The number of benzene rings is 2. The highest BCUT2D eigenvalue weighted by molar-refractivity contribution is 5.74. The van der Waals surface area contributed by atoms with Gasteiger partial charge in [-0.05, 0) is 32.5 Å². The molecule has 2 amide bonds. The molecule has 5 heteroatoms. The van der Waals surface area contributed by atoms with E-state index in [0.717, 1.165) is 30.0 Å². The average molecular weight is 355 g/mol. The van der Waals surface area contributed by atoms with Crippen LogP contribution in [0.15, 0.2) is 48.5 Å². The first-order chi connectivity index (χ1) is 12.5. The molecular formula is C21H29N3O2. The Kier molecular flexibility index (Phi) is 7.48. The number of carbonyl (C=O) groups excluding carboxylic acids is 1. The summed E-state index contributed by atoms with van der Waals surface area (Å²) in [5, 5.41) is 5.89. The normalized spacial score (nSPS) is 11.9. The molecule has 0 saturated heterocycles. The number of carbonyl (C=O) groups is 1. The van der Waals surface area contributed by atoms with E-state index in [1.165, 1.54) is 5.56 Å². The summed E-state index contributed by atoms with van der Waals surface area (Å²) in [5.41, 5.74) is 3.38. The van der Waals surface area contributed by atoms with Crippen LogP contribution in [0.2, 0.25) is 0 Å².